The van der Waals surface area contributed by atoms with Crippen LogP contribution in [0.25, 0.3) is 22.3 Å². The first-order valence-corrected chi connectivity index (χ1v) is 8.56. The number of benzene rings is 2. The lowest BCUT2D eigenvalue weighted by Crippen LogP contribution is -2.22. The van der Waals surface area contributed by atoms with Crippen LogP contribution in [-0.2, 0) is 9.59 Å². The molecule has 0 aliphatic carbocycles. The van der Waals surface area contributed by atoms with Crippen molar-refractivity contribution in [2.75, 3.05) is 5.32 Å². The van der Waals surface area contributed by atoms with Crippen LogP contribution in [0, 0.1) is 0 Å². The normalized spacial score (nSPS) is 11.9. The number of carbonyl (C=O) groups excluding carboxylic acids is 1. The van der Waals surface area contributed by atoms with E-state index < -0.39 is 28.9 Å². The molecule has 0 aliphatic rings. The average molecular weight is 399 g/mol. The van der Waals surface area contributed by atoms with Gasteiger partial charge in [-0.05, 0) is 30.7 Å². The Bertz CT molecular complexity index is 1130. The molecule has 1 atom stereocenters. The fourth-order valence-electron chi connectivity index (χ4n) is 2.85. The van der Waals surface area contributed by atoms with Gasteiger partial charge in [-0.25, -0.2) is 0 Å². The molecular weight excluding hydrogens is 382 g/mol. The third-order valence-electron chi connectivity index (χ3n) is 4.28. The second kappa shape index (κ2) is 7.93. The minimum absolute atomic E-state index is 0.0155. The smallest absolute Gasteiger partial charge is 0.303 e. The van der Waals surface area contributed by atoms with Gasteiger partial charge in [0.1, 0.15) is 40.4 Å². The quantitative estimate of drug-likeness (QED) is 0.228. The molecule has 0 fully saturated rings. The lowest BCUT2D eigenvalue weighted by Gasteiger charge is -2.16. The molecule has 1 heterocycles. The highest BCUT2D eigenvalue weighted by Crippen LogP contribution is 2.39. The second-order valence-corrected chi connectivity index (χ2v) is 6.34. The average Bonchev–Trinajstić information content (AvgIpc) is 2.67. The number of phenolic OH excluding ortho intramolecular Hbond substituents is 3. The van der Waals surface area contributed by atoms with Crippen molar-refractivity contribution in [3.8, 4) is 28.6 Å². The van der Waals surface area contributed by atoms with E-state index in [0.29, 0.717) is 11.8 Å². The second-order valence-electron chi connectivity index (χ2n) is 6.34. The molecule has 0 unspecified atom stereocenters. The van der Waals surface area contributed by atoms with Crippen molar-refractivity contribution < 1.29 is 34.4 Å². The monoisotopic (exact) mass is 399 g/mol. The summed E-state index contributed by atoms with van der Waals surface area (Å²) in [5.41, 5.74) is -0.463. The molecule has 5 N–H and O–H groups in total. The van der Waals surface area contributed by atoms with Crippen LogP contribution in [0.5, 0.6) is 17.2 Å². The maximum absolute atomic E-state index is 12.6. The van der Waals surface area contributed by atoms with Crippen LogP contribution in [0.1, 0.15) is 12.8 Å². The molecule has 150 valence electrons. The van der Waals surface area contributed by atoms with Gasteiger partial charge in [0.05, 0.1) is 6.04 Å². The van der Waals surface area contributed by atoms with E-state index in [1.807, 2.05) is 0 Å². The van der Waals surface area contributed by atoms with Crippen molar-refractivity contribution in [1.82, 2.24) is 0 Å². The first kappa shape index (κ1) is 19.7. The van der Waals surface area contributed by atoms with E-state index in [1.165, 1.54) is 24.3 Å². The summed E-state index contributed by atoms with van der Waals surface area (Å²) < 4.78 is 5.74. The predicted molar refractivity (Wildman–Crippen MR) is 103 cm³/mol. The molecule has 2 aromatic carbocycles. The lowest BCUT2D eigenvalue weighted by molar-refractivity contribution is -0.137. The fraction of sp³-hybridized carbons (Fsp3) is 0.150. The fourth-order valence-corrected chi connectivity index (χ4v) is 2.85. The number of aliphatic carboxylic acids is 1. The number of aromatic hydroxyl groups is 3. The lowest BCUT2D eigenvalue weighted by atomic mass is 10.1. The SMILES string of the molecule is O=C[C@H](CCC(=O)O)Nc1c(O)cc(O)c2c(=O)cc(-c3ccc(O)cc3)oc12. The van der Waals surface area contributed by atoms with E-state index in [0.717, 1.165) is 12.1 Å². The number of carbonyl (C=O) groups is 2. The van der Waals surface area contributed by atoms with E-state index in [-0.39, 0.29) is 41.0 Å². The Morgan fingerprint density at radius 1 is 1.10 bits per heavy atom. The molecule has 0 aliphatic heterocycles. The van der Waals surface area contributed by atoms with Gasteiger partial charge in [-0.1, -0.05) is 0 Å². The van der Waals surface area contributed by atoms with Crippen molar-refractivity contribution >= 4 is 28.9 Å². The van der Waals surface area contributed by atoms with Gasteiger partial charge in [-0.15, -0.1) is 0 Å². The number of hydrogen-bond acceptors (Lipinski definition) is 8. The number of carboxylic acids is 1. The van der Waals surface area contributed by atoms with Crippen LogP contribution in [0.4, 0.5) is 5.69 Å². The van der Waals surface area contributed by atoms with Crippen molar-refractivity contribution in [1.29, 1.82) is 0 Å². The molecule has 0 radical (unpaired) electrons. The number of carboxylic acid groups (broad SMARTS) is 1. The zero-order valence-electron chi connectivity index (χ0n) is 15.0. The maximum Gasteiger partial charge on any atom is 0.303 e. The van der Waals surface area contributed by atoms with E-state index >= 15 is 0 Å². The van der Waals surface area contributed by atoms with Crippen LogP contribution in [0.3, 0.4) is 0 Å². The largest absolute Gasteiger partial charge is 0.508 e. The number of nitrogens with one attached hydrogen (secondary N) is 1. The first-order chi connectivity index (χ1) is 13.8. The molecular formula is C20H17NO8. The minimum atomic E-state index is -1.10. The summed E-state index contributed by atoms with van der Waals surface area (Å²) in [6.45, 7) is 0. The van der Waals surface area contributed by atoms with Gasteiger partial charge in [-0.2, -0.15) is 0 Å². The molecule has 3 aromatic rings. The number of aldehydes is 1. The van der Waals surface area contributed by atoms with Crippen molar-refractivity contribution in [2.45, 2.75) is 18.9 Å². The van der Waals surface area contributed by atoms with Crippen molar-refractivity contribution in [3.05, 3.63) is 46.6 Å². The van der Waals surface area contributed by atoms with Crippen LogP contribution in [0.2, 0.25) is 0 Å². The first-order valence-electron chi connectivity index (χ1n) is 8.56. The van der Waals surface area contributed by atoms with E-state index in [9.17, 15) is 29.7 Å². The van der Waals surface area contributed by atoms with Gasteiger partial charge in [0, 0.05) is 24.1 Å². The summed E-state index contributed by atoms with van der Waals surface area (Å²) in [5, 5.41) is 41.0. The molecule has 0 amide bonds. The summed E-state index contributed by atoms with van der Waals surface area (Å²) in [6.07, 6.45) is 0.113. The Morgan fingerprint density at radius 3 is 2.41 bits per heavy atom. The number of hydrogen-bond donors (Lipinski definition) is 5. The van der Waals surface area contributed by atoms with Gasteiger partial charge in [0.2, 0.25) is 0 Å². The summed E-state index contributed by atoms with van der Waals surface area (Å²) in [6, 6.07) is 6.91. The molecule has 0 saturated carbocycles. The summed E-state index contributed by atoms with van der Waals surface area (Å²) in [7, 11) is 0. The molecule has 1 aromatic heterocycles. The molecule has 0 saturated heterocycles. The van der Waals surface area contributed by atoms with Crippen LogP contribution >= 0.6 is 0 Å². The zero-order valence-corrected chi connectivity index (χ0v) is 15.0. The van der Waals surface area contributed by atoms with Gasteiger partial charge in [-0.3, -0.25) is 9.59 Å². The summed E-state index contributed by atoms with van der Waals surface area (Å²) in [5.74, 6) is -1.98. The third kappa shape index (κ3) is 4.13. The maximum atomic E-state index is 12.6. The van der Waals surface area contributed by atoms with Crippen LogP contribution in [-0.4, -0.2) is 38.7 Å². The van der Waals surface area contributed by atoms with Gasteiger partial charge in [0.15, 0.2) is 11.0 Å². The Balaban J connectivity index is 2.15. The van der Waals surface area contributed by atoms with Gasteiger partial charge < -0.3 is 35.0 Å². The zero-order chi connectivity index (χ0) is 21.1. The third-order valence-corrected chi connectivity index (χ3v) is 4.28. The Morgan fingerprint density at radius 2 is 1.79 bits per heavy atom. The van der Waals surface area contributed by atoms with Gasteiger partial charge in [0.25, 0.3) is 0 Å². The summed E-state index contributed by atoms with van der Waals surface area (Å²) >= 11 is 0. The number of phenols is 3. The van der Waals surface area contributed by atoms with Crippen molar-refractivity contribution in [2.24, 2.45) is 0 Å². The predicted octanol–water partition coefficient (Wildman–Crippen LogP) is 2.42. The van der Waals surface area contributed by atoms with Crippen LogP contribution < -0.4 is 10.7 Å². The molecule has 0 bridgehead atoms. The number of fused-ring (bicyclic) bond motifs is 1. The molecule has 3 rings (SSSR count). The number of rotatable bonds is 7. The summed E-state index contributed by atoms with van der Waals surface area (Å²) in [4.78, 5) is 34.7. The van der Waals surface area contributed by atoms with E-state index in [2.05, 4.69) is 5.32 Å². The topological polar surface area (TPSA) is 157 Å². The highest BCUT2D eigenvalue weighted by Gasteiger charge is 2.21. The Kier molecular flexibility index (Phi) is 5.40. The van der Waals surface area contributed by atoms with Gasteiger partial charge >= 0.3 is 5.97 Å². The Labute approximate surface area is 163 Å². The standard InChI is InChI=1S/C20H17NO8/c22-9-11(3-6-17(27)28)21-19-15(26)7-13(24)18-14(25)8-16(29-20(18)19)10-1-4-12(23)5-2-10/h1-2,4-5,7-9,11,21,23-24,26H,3,6H2,(H,27,28)/t11-/m0/s1. The highest BCUT2D eigenvalue weighted by atomic mass is 16.4. The Hall–Kier alpha value is -4.01. The van der Waals surface area contributed by atoms with Crippen molar-refractivity contribution in [3.63, 3.8) is 0 Å². The van der Waals surface area contributed by atoms with Crippen LogP contribution in [0.15, 0.2) is 45.6 Å². The van der Waals surface area contributed by atoms with E-state index in [1.54, 1.807) is 0 Å². The molecule has 9 heteroatoms. The highest BCUT2D eigenvalue weighted by molar-refractivity contribution is 5.97. The molecule has 9 nitrogen and oxygen atoms in total. The molecule has 0 spiro atoms. The minimum Gasteiger partial charge on any atom is -0.508 e. The van der Waals surface area contributed by atoms with E-state index in [4.69, 9.17) is 9.52 Å². The molecule has 29 heavy (non-hydrogen) atoms. The number of anilines is 1.